The van der Waals surface area contributed by atoms with E-state index in [-0.39, 0.29) is 5.91 Å². The van der Waals surface area contributed by atoms with Gasteiger partial charge in [-0.15, -0.1) is 0 Å². The van der Waals surface area contributed by atoms with Crippen LogP contribution in [0.4, 0.5) is 17.1 Å². The summed E-state index contributed by atoms with van der Waals surface area (Å²) in [5.74, 6) is 0.531. The average molecular weight is 526 g/mol. The highest BCUT2D eigenvalue weighted by Gasteiger charge is 2.34. The van der Waals surface area contributed by atoms with Gasteiger partial charge in [0.25, 0.3) is 0 Å². The zero-order chi connectivity index (χ0) is 26.4. The number of hydrogen-bond acceptors (Lipinski definition) is 6. The number of hydrogen-bond donors (Lipinski definition) is 2. The molecule has 3 aliphatic rings. The molecular formula is C32H39N5O2. The van der Waals surface area contributed by atoms with Gasteiger partial charge in [-0.25, -0.2) is 0 Å². The molecule has 3 aromatic rings. The largest absolute Gasteiger partial charge is 0.379 e. The number of aromatic nitrogens is 1. The van der Waals surface area contributed by atoms with Crippen LogP contribution in [0.3, 0.4) is 0 Å². The molecule has 2 saturated heterocycles. The molecule has 3 aliphatic heterocycles. The van der Waals surface area contributed by atoms with Crippen molar-refractivity contribution in [3.8, 4) is 0 Å². The number of benzene rings is 2. The maximum absolute atomic E-state index is 13.2. The first-order valence-corrected chi connectivity index (χ1v) is 14.4. The molecule has 2 atom stereocenters. The third-order valence-electron chi connectivity index (χ3n) is 8.49. The van der Waals surface area contributed by atoms with Crippen LogP contribution in [-0.2, 0) is 28.9 Å². The van der Waals surface area contributed by atoms with Crippen LogP contribution in [-0.4, -0.2) is 66.1 Å². The topological polar surface area (TPSA) is 69.7 Å². The third-order valence-corrected chi connectivity index (χ3v) is 8.49. The van der Waals surface area contributed by atoms with E-state index in [9.17, 15) is 4.79 Å². The van der Waals surface area contributed by atoms with E-state index in [1.807, 2.05) is 18.3 Å². The fourth-order valence-corrected chi connectivity index (χ4v) is 6.44. The minimum Gasteiger partial charge on any atom is -0.379 e. The summed E-state index contributed by atoms with van der Waals surface area (Å²) in [4.78, 5) is 22.8. The van der Waals surface area contributed by atoms with Gasteiger partial charge in [-0.2, -0.15) is 0 Å². The number of anilines is 3. The minimum atomic E-state index is 0.0894. The van der Waals surface area contributed by atoms with Gasteiger partial charge >= 0.3 is 0 Å². The number of ether oxygens (including phenoxy) is 1. The van der Waals surface area contributed by atoms with Crippen LogP contribution >= 0.6 is 0 Å². The van der Waals surface area contributed by atoms with Crippen molar-refractivity contribution in [2.24, 2.45) is 5.92 Å². The van der Waals surface area contributed by atoms with Gasteiger partial charge in [0.15, 0.2) is 0 Å². The zero-order valence-electron chi connectivity index (χ0n) is 22.6. The Labute approximate surface area is 231 Å². The molecule has 7 nitrogen and oxygen atoms in total. The van der Waals surface area contributed by atoms with Gasteiger partial charge in [0.1, 0.15) is 0 Å². The molecule has 4 heterocycles. The van der Waals surface area contributed by atoms with Crippen LogP contribution in [0.5, 0.6) is 0 Å². The second kappa shape index (κ2) is 12.3. The first kappa shape index (κ1) is 26.0. The Hall–Kier alpha value is -3.26. The van der Waals surface area contributed by atoms with Crippen molar-refractivity contribution in [2.45, 2.75) is 44.7 Å². The van der Waals surface area contributed by atoms with E-state index in [1.165, 1.54) is 11.1 Å². The molecule has 0 aliphatic carbocycles. The van der Waals surface area contributed by atoms with E-state index in [0.29, 0.717) is 18.4 Å². The first-order valence-electron chi connectivity index (χ1n) is 14.4. The number of piperidine rings is 1. The van der Waals surface area contributed by atoms with E-state index < -0.39 is 0 Å². The Morgan fingerprint density at radius 1 is 0.974 bits per heavy atom. The standard InChI is InChI=1S/C32H39N5O2/c38-32(34-27-12-10-25-9-8-24-5-1-2-7-29(24)35-30(25)21-27)13-11-26-22-36(23-28-6-3-4-15-33-28)16-14-31(26)37-17-19-39-20-18-37/h1-7,10,12,15,21,26,31,35H,8-9,11,13-14,16-20,22-23H2,(H,34,38)/t26-,31+/m1/s1. The summed E-state index contributed by atoms with van der Waals surface area (Å²) in [6.45, 7) is 6.50. The number of nitrogens with one attached hydrogen (secondary N) is 2. The second-order valence-corrected chi connectivity index (χ2v) is 11.1. The molecule has 1 amide bonds. The van der Waals surface area contributed by atoms with Gasteiger partial charge in [-0.1, -0.05) is 30.3 Å². The molecule has 2 fully saturated rings. The molecule has 1 aromatic heterocycles. The summed E-state index contributed by atoms with van der Waals surface area (Å²) >= 11 is 0. The Morgan fingerprint density at radius 3 is 2.64 bits per heavy atom. The number of carbonyl (C=O) groups is 1. The van der Waals surface area contributed by atoms with Crippen molar-refractivity contribution in [2.75, 3.05) is 50.0 Å². The second-order valence-electron chi connectivity index (χ2n) is 11.1. The Morgan fingerprint density at radius 2 is 1.79 bits per heavy atom. The van der Waals surface area contributed by atoms with Crippen molar-refractivity contribution in [1.29, 1.82) is 0 Å². The van der Waals surface area contributed by atoms with Gasteiger partial charge in [0.05, 0.1) is 18.9 Å². The smallest absolute Gasteiger partial charge is 0.224 e. The molecule has 0 bridgehead atoms. The molecule has 0 radical (unpaired) electrons. The van der Waals surface area contributed by atoms with Gasteiger partial charge in [-0.3, -0.25) is 19.6 Å². The first-order chi connectivity index (χ1) is 19.2. The molecule has 2 N–H and O–H groups in total. The lowest BCUT2D eigenvalue weighted by atomic mass is 9.86. The normalized spacial score (nSPS) is 21.7. The number of carbonyl (C=O) groups excluding carboxylic acids is 1. The number of nitrogens with zero attached hydrogens (tertiary/aromatic N) is 3. The highest BCUT2D eigenvalue weighted by Crippen LogP contribution is 2.32. The van der Waals surface area contributed by atoms with Gasteiger partial charge in [-0.05, 0) is 73.1 Å². The number of para-hydroxylation sites is 1. The molecule has 7 heteroatoms. The van der Waals surface area contributed by atoms with E-state index >= 15 is 0 Å². The predicted molar refractivity (Wildman–Crippen MR) is 155 cm³/mol. The number of fused-ring (bicyclic) bond motifs is 2. The Bertz CT molecular complexity index is 1260. The lowest BCUT2D eigenvalue weighted by Gasteiger charge is -2.45. The van der Waals surface area contributed by atoms with E-state index in [2.05, 4.69) is 73.9 Å². The van der Waals surface area contributed by atoms with Crippen molar-refractivity contribution < 1.29 is 9.53 Å². The number of amides is 1. The highest BCUT2D eigenvalue weighted by atomic mass is 16.5. The maximum atomic E-state index is 13.2. The molecule has 6 rings (SSSR count). The fourth-order valence-electron chi connectivity index (χ4n) is 6.44. The van der Waals surface area contributed by atoms with Crippen molar-refractivity contribution >= 4 is 23.0 Å². The monoisotopic (exact) mass is 525 g/mol. The van der Waals surface area contributed by atoms with Crippen molar-refractivity contribution in [3.63, 3.8) is 0 Å². The number of likely N-dealkylation sites (tertiary alicyclic amines) is 1. The van der Waals surface area contributed by atoms with Gasteiger partial charge < -0.3 is 15.4 Å². The molecular weight excluding hydrogens is 486 g/mol. The van der Waals surface area contributed by atoms with E-state index in [0.717, 1.165) is 94.4 Å². The fraction of sp³-hybridized carbons (Fsp3) is 0.438. The minimum absolute atomic E-state index is 0.0894. The lowest BCUT2D eigenvalue weighted by Crippen LogP contribution is -2.54. The number of rotatable bonds is 7. The zero-order valence-corrected chi connectivity index (χ0v) is 22.6. The SMILES string of the molecule is O=C(CC[C@@H]1CN(Cc2ccccn2)CC[C@@H]1N1CCOCC1)Nc1ccc2c(c1)Nc1ccccc1CC2. The molecule has 0 spiro atoms. The number of morpholine rings is 1. The molecule has 39 heavy (non-hydrogen) atoms. The highest BCUT2D eigenvalue weighted by molar-refractivity contribution is 5.91. The summed E-state index contributed by atoms with van der Waals surface area (Å²) < 4.78 is 5.63. The molecule has 0 unspecified atom stereocenters. The summed E-state index contributed by atoms with van der Waals surface area (Å²) in [5, 5.41) is 6.77. The molecule has 0 saturated carbocycles. The predicted octanol–water partition coefficient (Wildman–Crippen LogP) is 4.87. The average Bonchev–Trinajstić information content (AvgIpc) is 3.16. The van der Waals surface area contributed by atoms with E-state index in [4.69, 9.17) is 4.74 Å². The summed E-state index contributed by atoms with van der Waals surface area (Å²) in [5.41, 5.74) is 6.82. The molecule has 204 valence electrons. The van der Waals surface area contributed by atoms with Crippen molar-refractivity contribution in [1.82, 2.24) is 14.8 Å². The summed E-state index contributed by atoms with van der Waals surface area (Å²) in [7, 11) is 0. The van der Waals surface area contributed by atoms with E-state index in [1.54, 1.807) is 0 Å². The van der Waals surface area contributed by atoms with Crippen molar-refractivity contribution in [3.05, 3.63) is 83.7 Å². The van der Waals surface area contributed by atoms with Crippen LogP contribution in [0.1, 0.15) is 36.1 Å². The Kier molecular flexibility index (Phi) is 8.19. The van der Waals surface area contributed by atoms with Crippen LogP contribution in [0, 0.1) is 5.92 Å². The van der Waals surface area contributed by atoms with Crippen LogP contribution < -0.4 is 10.6 Å². The van der Waals surface area contributed by atoms with Crippen LogP contribution in [0.25, 0.3) is 0 Å². The van der Waals surface area contributed by atoms with Crippen LogP contribution in [0.2, 0.25) is 0 Å². The lowest BCUT2D eigenvalue weighted by molar-refractivity contribution is -0.116. The number of aryl methyl sites for hydroxylation is 2. The maximum Gasteiger partial charge on any atom is 0.224 e. The van der Waals surface area contributed by atoms with Gasteiger partial charge in [0, 0.05) is 68.4 Å². The number of pyridine rings is 1. The third kappa shape index (κ3) is 6.49. The quantitative estimate of drug-likeness (QED) is 0.459. The van der Waals surface area contributed by atoms with Gasteiger partial charge in [0.2, 0.25) is 5.91 Å². The Balaban J connectivity index is 1.09. The molecule has 2 aromatic carbocycles. The summed E-state index contributed by atoms with van der Waals surface area (Å²) in [6, 6.07) is 21.4. The van der Waals surface area contributed by atoms with Crippen LogP contribution in [0.15, 0.2) is 66.9 Å². The summed E-state index contributed by atoms with van der Waals surface area (Å²) in [6.07, 6.45) is 6.41.